The predicted molar refractivity (Wildman–Crippen MR) is 97.6 cm³/mol. The van der Waals surface area contributed by atoms with Crippen molar-refractivity contribution in [2.24, 2.45) is 0 Å². The number of rotatable bonds is 6. The van der Waals surface area contributed by atoms with Gasteiger partial charge in [-0.2, -0.15) is 0 Å². The highest BCUT2D eigenvalue weighted by atomic mass is 16.5. The van der Waals surface area contributed by atoms with Gasteiger partial charge in [0.05, 0.1) is 7.11 Å². The van der Waals surface area contributed by atoms with Crippen molar-refractivity contribution in [2.45, 2.75) is 26.3 Å². The number of hydrogen-bond donors (Lipinski definition) is 1. The molecule has 0 saturated heterocycles. The zero-order valence-corrected chi connectivity index (χ0v) is 14.1. The first kappa shape index (κ1) is 16.1. The van der Waals surface area contributed by atoms with E-state index in [9.17, 15) is 4.79 Å². The Balaban J connectivity index is 1.61. The summed E-state index contributed by atoms with van der Waals surface area (Å²) in [5.74, 6) is 0.798. The second-order valence-electron chi connectivity index (χ2n) is 5.77. The van der Waals surface area contributed by atoms with Crippen molar-refractivity contribution >= 4 is 22.5 Å². The van der Waals surface area contributed by atoms with Crippen LogP contribution in [0.15, 0.2) is 54.7 Å². The van der Waals surface area contributed by atoms with Crippen molar-refractivity contribution in [3.05, 3.63) is 60.3 Å². The van der Waals surface area contributed by atoms with E-state index in [1.807, 2.05) is 24.3 Å². The van der Waals surface area contributed by atoms with Gasteiger partial charge in [0, 0.05) is 30.4 Å². The Bertz CT molecular complexity index is 834. The number of anilines is 1. The van der Waals surface area contributed by atoms with E-state index in [0.717, 1.165) is 24.4 Å². The number of fused-ring (bicyclic) bond motifs is 1. The smallest absolute Gasteiger partial charge is 0.224 e. The third-order valence-corrected chi connectivity index (χ3v) is 4.19. The lowest BCUT2D eigenvalue weighted by atomic mass is 10.1. The van der Waals surface area contributed by atoms with Crippen LogP contribution in [0.2, 0.25) is 0 Å². The Kier molecular flexibility index (Phi) is 4.85. The number of carbonyl (C=O) groups excluding carboxylic acids is 1. The van der Waals surface area contributed by atoms with Gasteiger partial charge in [0.1, 0.15) is 5.75 Å². The van der Waals surface area contributed by atoms with Crippen LogP contribution in [-0.4, -0.2) is 17.6 Å². The average molecular weight is 322 g/mol. The Hall–Kier alpha value is -2.75. The fraction of sp³-hybridized carbons (Fsp3) is 0.250. The molecule has 0 aliphatic heterocycles. The van der Waals surface area contributed by atoms with Crippen molar-refractivity contribution in [3.8, 4) is 5.75 Å². The average Bonchev–Trinajstić information content (AvgIpc) is 3.03. The predicted octanol–water partition coefficient (Wildman–Crippen LogP) is 4.24. The van der Waals surface area contributed by atoms with Crippen molar-refractivity contribution in [3.63, 3.8) is 0 Å². The van der Waals surface area contributed by atoms with Gasteiger partial charge >= 0.3 is 0 Å². The van der Waals surface area contributed by atoms with Crippen LogP contribution in [-0.2, 0) is 17.8 Å². The molecule has 4 nitrogen and oxygen atoms in total. The summed E-state index contributed by atoms with van der Waals surface area (Å²) in [6, 6.07) is 15.9. The zero-order valence-electron chi connectivity index (χ0n) is 14.1. The number of nitrogens with one attached hydrogen (secondary N) is 1. The van der Waals surface area contributed by atoms with Crippen LogP contribution in [0.3, 0.4) is 0 Å². The van der Waals surface area contributed by atoms with E-state index in [2.05, 4.69) is 47.3 Å². The number of methoxy groups -OCH3 is 1. The molecule has 0 unspecified atom stereocenters. The number of amides is 1. The molecule has 1 heterocycles. The quantitative estimate of drug-likeness (QED) is 0.737. The second kappa shape index (κ2) is 7.21. The second-order valence-corrected chi connectivity index (χ2v) is 5.77. The van der Waals surface area contributed by atoms with Gasteiger partial charge in [-0.1, -0.05) is 12.1 Å². The maximum atomic E-state index is 12.1. The molecule has 0 fully saturated rings. The Morgan fingerprint density at radius 2 is 1.92 bits per heavy atom. The molecule has 0 saturated carbocycles. The zero-order chi connectivity index (χ0) is 16.9. The number of nitrogens with zero attached hydrogens (tertiary/aromatic N) is 1. The molecule has 4 heteroatoms. The molecule has 0 spiro atoms. The summed E-state index contributed by atoms with van der Waals surface area (Å²) in [7, 11) is 1.62. The topological polar surface area (TPSA) is 43.3 Å². The number of benzene rings is 2. The molecule has 0 atom stereocenters. The minimum Gasteiger partial charge on any atom is -0.497 e. The number of aromatic nitrogens is 1. The first-order valence-electron chi connectivity index (χ1n) is 8.21. The summed E-state index contributed by atoms with van der Waals surface area (Å²) in [5.41, 5.74) is 3.20. The molecule has 1 amide bonds. The summed E-state index contributed by atoms with van der Waals surface area (Å²) >= 11 is 0. The molecule has 3 aromatic rings. The van der Waals surface area contributed by atoms with Crippen LogP contribution in [0, 0.1) is 0 Å². The molecule has 0 aliphatic carbocycles. The third-order valence-electron chi connectivity index (χ3n) is 4.19. The van der Waals surface area contributed by atoms with E-state index in [1.165, 1.54) is 16.5 Å². The molecule has 0 aliphatic rings. The van der Waals surface area contributed by atoms with E-state index >= 15 is 0 Å². The minimum atomic E-state index is 0.0196. The minimum absolute atomic E-state index is 0.0196. The summed E-state index contributed by atoms with van der Waals surface area (Å²) in [4.78, 5) is 12.1. The first-order valence-corrected chi connectivity index (χ1v) is 8.21. The van der Waals surface area contributed by atoms with Crippen molar-refractivity contribution in [1.82, 2.24) is 4.57 Å². The van der Waals surface area contributed by atoms with Gasteiger partial charge in [-0.25, -0.2) is 0 Å². The summed E-state index contributed by atoms with van der Waals surface area (Å²) in [6.07, 6.45) is 3.29. The summed E-state index contributed by atoms with van der Waals surface area (Å²) in [5, 5.41) is 4.16. The molecule has 124 valence electrons. The van der Waals surface area contributed by atoms with Gasteiger partial charge in [-0.15, -0.1) is 0 Å². The normalized spacial score (nSPS) is 10.8. The maximum absolute atomic E-state index is 12.1. The van der Waals surface area contributed by atoms with Gasteiger partial charge < -0.3 is 14.6 Å². The molecular formula is C20H22N2O2. The van der Waals surface area contributed by atoms with Crippen LogP contribution in [0.5, 0.6) is 5.75 Å². The molecule has 1 aromatic heterocycles. The van der Waals surface area contributed by atoms with Crippen LogP contribution in [0.25, 0.3) is 10.9 Å². The van der Waals surface area contributed by atoms with Gasteiger partial charge in [-0.3, -0.25) is 4.79 Å². The fourth-order valence-corrected chi connectivity index (χ4v) is 2.82. The Morgan fingerprint density at radius 3 is 2.62 bits per heavy atom. The SMILES string of the molecule is CCn1ccc2ccc(CCC(=O)Nc3ccc(OC)cc3)cc21. The van der Waals surface area contributed by atoms with Crippen molar-refractivity contribution < 1.29 is 9.53 Å². The number of carbonyl (C=O) groups is 1. The molecule has 3 rings (SSSR count). The first-order chi connectivity index (χ1) is 11.7. The largest absolute Gasteiger partial charge is 0.497 e. The van der Waals surface area contributed by atoms with Gasteiger partial charge in [0.25, 0.3) is 0 Å². The van der Waals surface area contributed by atoms with Gasteiger partial charge in [-0.05, 0) is 60.7 Å². The van der Waals surface area contributed by atoms with Crippen molar-refractivity contribution in [2.75, 3.05) is 12.4 Å². The van der Waals surface area contributed by atoms with E-state index in [1.54, 1.807) is 7.11 Å². The van der Waals surface area contributed by atoms with E-state index < -0.39 is 0 Å². The molecule has 24 heavy (non-hydrogen) atoms. The van der Waals surface area contributed by atoms with Crippen LogP contribution in [0.4, 0.5) is 5.69 Å². The summed E-state index contributed by atoms with van der Waals surface area (Å²) in [6.45, 7) is 3.08. The van der Waals surface area contributed by atoms with Gasteiger partial charge in [0.2, 0.25) is 5.91 Å². The molecular weight excluding hydrogens is 300 g/mol. The number of hydrogen-bond acceptors (Lipinski definition) is 2. The van der Waals surface area contributed by atoms with E-state index in [-0.39, 0.29) is 5.91 Å². The fourth-order valence-electron chi connectivity index (χ4n) is 2.82. The highest BCUT2D eigenvalue weighted by Crippen LogP contribution is 2.19. The van der Waals surface area contributed by atoms with Crippen molar-refractivity contribution in [1.29, 1.82) is 0 Å². The highest BCUT2D eigenvalue weighted by Gasteiger charge is 2.06. The van der Waals surface area contributed by atoms with Gasteiger partial charge in [0.15, 0.2) is 0 Å². The third kappa shape index (κ3) is 3.59. The van der Waals surface area contributed by atoms with Crippen LogP contribution >= 0.6 is 0 Å². The van der Waals surface area contributed by atoms with E-state index in [4.69, 9.17) is 4.74 Å². The molecule has 1 N–H and O–H groups in total. The highest BCUT2D eigenvalue weighted by molar-refractivity contribution is 5.91. The number of aryl methyl sites for hydroxylation is 2. The summed E-state index contributed by atoms with van der Waals surface area (Å²) < 4.78 is 7.33. The lowest BCUT2D eigenvalue weighted by Gasteiger charge is -2.07. The van der Waals surface area contributed by atoms with Crippen LogP contribution in [0.1, 0.15) is 18.9 Å². The number of ether oxygens (including phenoxy) is 1. The lowest BCUT2D eigenvalue weighted by Crippen LogP contribution is -2.12. The Labute approximate surface area is 142 Å². The molecule has 0 radical (unpaired) electrons. The van der Waals surface area contributed by atoms with E-state index in [0.29, 0.717) is 6.42 Å². The lowest BCUT2D eigenvalue weighted by molar-refractivity contribution is -0.116. The monoisotopic (exact) mass is 322 g/mol. The van der Waals surface area contributed by atoms with Crippen LogP contribution < -0.4 is 10.1 Å². The molecule has 2 aromatic carbocycles. The maximum Gasteiger partial charge on any atom is 0.224 e. The molecule has 0 bridgehead atoms. The Morgan fingerprint density at radius 1 is 1.12 bits per heavy atom. The standard InChI is InChI=1S/C20H22N2O2/c1-3-22-13-12-16-6-4-15(14-19(16)22)5-11-20(23)21-17-7-9-18(24-2)10-8-17/h4,6-10,12-14H,3,5,11H2,1-2H3,(H,21,23).